The predicted molar refractivity (Wildman–Crippen MR) is 48.8 cm³/mol. The van der Waals surface area contributed by atoms with Crippen LogP contribution in [0.3, 0.4) is 0 Å². The number of fused-ring (bicyclic) bond motifs is 1. The van der Waals surface area contributed by atoms with Crippen molar-refractivity contribution in [1.82, 2.24) is 0 Å². The number of hydrogen-bond acceptors (Lipinski definition) is 0. The molecule has 2 fully saturated rings. The molecule has 0 heterocycles. The third kappa shape index (κ3) is 0.946. The first-order valence-electron chi connectivity index (χ1n) is 5.31. The zero-order valence-electron chi connectivity index (χ0n) is 8.20. The minimum absolute atomic E-state index is 0.0846. The summed E-state index contributed by atoms with van der Waals surface area (Å²) >= 11 is 0. The van der Waals surface area contributed by atoms with Crippen molar-refractivity contribution in [3.63, 3.8) is 0 Å². The van der Waals surface area contributed by atoms with Crippen LogP contribution in [0.15, 0.2) is 0 Å². The van der Waals surface area contributed by atoms with Crippen LogP contribution < -0.4 is 0 Å². The Morgan fingerprint density at radius 3 is 2.92 bits per heavy atom. The normalized spacial score (nSPS) is 51.8. The molecule has 1 heteroatoms. The van der Waals surface area contributed by atoms with E-state index in [4.69, 9.17) is 0 Å². The predicted octanol–water partition coefficient (Wildman–Crippen LogP) is 3.70. The number of alkyl halides is 1. The quantitative estimate of drug-likeness (QED) is 0.592. The van der Waals surface area contributed by atoms with Gasteiger partial charge in [0.25, 0.3) is 0 Å². The van der Waals surface area contributed by atoms with Crippen molar-refractivity contribution in [2.45, 2.75) is 58.0 Å². The summed E-state index contributed by atoms with van der Waals surface area (Å²) < 4.78 is 13.9. The molecule has 0 aromatic rings. The molecule has 0 N–H and O–H groups in total. The monoisotopic (exact) mass is 170 g/mol. The molecular weight excluding hydrogens is 151 g/mol. The summed E-state index contributed by atoms with van der Waals surface area (Å²) in [4.78, 5) is 0. The topological polar surface area (TPSA) is 0 Å². The van der Waals surface area contributed by atoms with Crippen molar-refractivity contribution in [3.05, 3.63) is 0 Å². The van der Waals surface area contributed by atoms with Gasteiger partial charge >= 0.3 is 0 Å². The molecule has 0 amide bonds. The van der Waals surface area contributed by atoms with Crippen LogP contribution in [0, 0.1) is 11.3 Å². The van der Waals surface area contributed by atoms with E-state index in [9.17, 15) is 4.39 Å². The van der Waals surface area contributed by atoms with Crippen molar-refractivity contribution in [3.8, 4) is 0 Å². The van der Waals surface area contributed by atoms with Gasteiger partial charge in [-0.25, -0.2) is 4.39 Å². The van der Waals surface area contributed by atoms with E-state index >= 15 is 0 Å². The maximum Gasteiger partial charge on any atom is 0.117 e. The first-order chi connectivity index (χ1) is 5.62. The van der Waals surface area contributed by atoms with Gasteiger partial charge in [0.2, 0.25) is 0 Å². The summed E-state index contributed by atoms with van der Waals surface area (Å²) in [5.74, 6) is 0.682. The second kappa shape index (κ2) is 2.46. The average molecular weight is 170 g/mol. The summed E-state index contributed by atoms with van der Waals surface area (Å²) in [6.45, 7) is 4.37. The number of halogens is 1. The van der Waals surface area contributed by atoms with Crippen LogP contribution in [0.25, 0.3) is 0 Å². The Labute approximate surface area is 74.5 Å². The van der Waals surface area contributed by atoms with Gasteiger partial charge < -0.3 is 0 Å². The zero-order chi connectivity index (χ0) is 8.82. The van der Waals surface area contributed by atoms with Crippen LogP contribution in [-0.2, 0) is 0 Å². The van der Waals surface area contributed by atoms with Crippen LogP contribution in [0.2, 0.25) is 0 Å². The van der Waals surface area contributed by atoms with E-state index in [1.165, 1.54) is 19.3 Å². The summed E-state index contributed by atoms with van der Waals surface area (Å²) in [7, 11) is 0. The molecule has 2 aliphatic rings. The van der Waals surface area contributed by atoms with Crippen LogP contribution in [0.4, 0.5) is 4.39 Å². The lowest BCUT2D eigenvalue weighted by Gasteiger charge is -2.31. The second-order valence-corrected chi connectivity index (χ2v) is 4.94. The van der Waals surface area contributed by atoms with Crippen molar-refractivity contribution < 1.29 is 4.39 Å². The fraction of sp³-hybridized carbons (Fsp3) is 1.00. The van der Waals surface area contributed by atoms with Gasteiger partial charge in [-0.2, -0.15) is 0 Å². The lowest BCUT2D eigenvalue weighted by molar-refractivity contribution is 0.114. The Bertz CT molecular complexity index is 187. The summed E-state index contributed by atoms with van der Waals surface area (Å²) in [6.07, 6.45) is 6.54. The molecule has 0 aliphatic heterocycles. The molecule has 0 bridgehead atoms. The lowest BCUT2D eigenvalue weighted by atomic mass is 9.76. The van der Waals surface area contributed by atoms with Gasteiger partial charge in [0.15, 0.2) is 0 Å². The van der Waals surface area contributed by atoms with E-state index in [0.717, 1.165) is 19.3 Å². The Hall–Kier alpha value is -0.0700. The van der Waals surface area contributed by atoms with Crippen LogP contribution in [-0.4, -0.2) is 5.67 Å². The van der Waals surface area contributed by atoms with E-state index < -0.39 is 5.67 Å². The fourth-order valence-electron chi connectivity index (χ4n) is 3.18. The molecule has 0 nitrogen and oxygen atoms in total. The van der Waals surface area contributed by atoms with E-state index in [1.54, 1.807) is 0 Å². The van der Waals surface area contributed by atoms with Crippen molar-refractivity contribution in [2.24, 2.45) is 11.3 Å². The highest BCUT2D eigenvalue weighted by Gasteiger charge is 2.69. The Morgan fingerprint density at radius 2 is 2.25 bits per heavy atom. The first kappa shape index (κ1) is 8.52. The average Bonchev–Trinajstić information content (AvgIpc) is 2.56. The highest BCUT2D eigenvalue weighted by atomic mass is 19.1. The smallest absolute Gasteiger partial charge is 0.117 e. The van der Waals surface area contributed by atoms with Gasteiger partial charge in [-0.1, -0.05) is 26.7 Å². The van der Waals surface area contributed by atoms with Crippen molar-refractivity contribution >= 4 is 0 Å². The van der Waals surface area contributed by atoms with Crippen LogP contribution >= 0.6 is 0 Å². The molecule has 0 saturated heterocycles. The number of hydrogen-bond donors (Lipinski definition) is 0. The van der Waals surface area contributed by atoms with E-state index in [2.05, 4.69) is 13.8 Å². The molecule has 0 spiro atoms. The minimum Gasteiger partial charge on any atom is -0.243 e. The van der Waals surface area contributed by atoms with Gasteiger partial charge in [-0.05, 0) is 31.6 Å². The maximum atomic E-state index is 13.9. The van der Waals surface area contributed by atoms with Gasteiger partial charge in [0.1, 0.15) is 5.67 Å². The standard InChI is InChI=1S/C11H19F/c1-3-5-9-6-4-7-11(12)8-10(9,11)2/h9H,3-8H2,1-2H3. The molecule has 0 aromatic heterocycles. The molecule has 2 saturated carbocycles. The molecule has 3 unspecified atom stereocenters. The van der Waals surface area contributed by atoms with Crippen molar-refractivity contribution in [1.29, 1.82) is 0 Å². The van der Waals surface area contributed by atoms with Gasteiger partial charge in [0.05, 0.1) is 0 Å². The third-order valence-electron chi connectivity index (χ3n) is 4.21. The Balaban J connectivity index is 2.06. The third-order valence-corrected chi connectivity index (χ3v) is 4.21. The highest BCUT2D eigenvalue weighted by molar-refractivity contribution is 5.18. The van der Waals surface area contributed by atoms with E-state index in [0.29, 0.717) is 5.92 Å². The molecule has 12 heavy (non-hydrogen) atoms. The second-order valence-electron chi connectivity index (χ2n) is 4.94. The lowest BCUT2D eigenvalue weighted by Crippen LogP contribution is -2.26. The number of rotatable bonds is 2. The van der Waals surface area contributed by atoms with E-state index in [-0.39, 0.29) is 5.41 Å². The fourth-order valence-corrected chi connectivity index (χ4v) is 3.18. The van der Waals surface area contributed by atoms with E-state index in [1.807, 2.05) is 0 Å². The van der Waals surface area contributed by atoms with Crippen LogP contribution in [0.5, 0.6) is 0 Å². The molecule has 2 rings (SSSR count). The highest BCUT2D eigenvalue weighted by Crippen LogP contribution is 2.69. The minimum atomic E-state index is -0.745. The molecule has 3 atom stereocenters. The molecular formula is C11H19F. The largest absolute Gasteiger partial charge is 0.243 e. The van der Waals surface area contributed by atoms with Gasteiger partial charge in [0, 0.05) is 5.41 Å². The summed E-state index contributed by atoms with van der Waals surface area (Å²) in [5.41, 5.74) is -0.660. The Kier molecular flexibility index (Phi) is 1.75. The maximum absolute atomic E-state index is 13.9. The summed E-state index contributed by atoms with van der Waals surface area (Å²) in [6, 6.07) is 0. The Morgan fingerprint density at radius 1 is 1.50 bits per heavy atom. The van der Waals surface area contributed by atoms with Gasteiger partial charge in [-0.3, -0.25) is 0 Å². The molecule has 0 radical (unpaired) electrons. The SMILES string of the molecule is CCCC1CCCC2(F)CC12C. The summed E-state index contributed by atoms with van der Waals surface area (Å²) in [5, 5.41) is 0. The molecule has 0 aromatic carbocycles. The molecule has 2 aliphatic carbocycles. The van der Waals surface area contributed by atoms with Crippen LogP contribution in [0.1, 0.15) is 52.4 Å². The first-order valence-corrected chi connectivity index (χ1v) is 5.31. The zero-order valence-corrected chi connectivity index (χ0v) is 8.20. The van der Waals surface area contributed by atoms with Gasteiger partial charge in [-0.15, -0.1) is 0 Å². The molecule has 70 valence electrons. The van der Waals surface area contributed by atoms with Crippen molar-refractivity contribution in [2.75, 3.05) is 0 Å².